The van der Waals surface area contributed by atoms with Gasteiger partial charge in [-0.3, -0.25) is 9.59 Å². The number of hydrogen-bond donors (Lipinski definition) is 1. The minimum Gasteiger partial charge on any atom is -0.484 e. The molecule has 5 nitrogen and oxygen atoms in total. The number of benzene rings is 2. The average molecular weight is 366 g/mol. The Bertz CT molecular complexity index is 815. The van der Waals surface area contributed by atoms with Crippen molar-refractivity contribution >= 4 is 17.5 Å². The third-order valence-electron chi connectivity index (χ3n) is 4.67. The lowest BCUT2D eigenvalue weighted by molar-refractivity contribution is -0.134. The molecule has 0 saturated heterocycles. The van der Waals surface area contributed by atoms with Gasteiger partial charge in [-0.15, -0.1) is 0 Å². The van der Waals surface area contributed by atoms with Gasteiger partial charge >= 0.3 is 0 Å². The van der Waals surface area contributed by atoms with Gasteiger partial charge in [-0.25, -0.2) is 0 Å². The zero-order valence-electron chi connectivity index (χ0n) is 16.0. The van der Waals surface area contributed by atoms with Crippen molar-refractivity contribution in [3.05, 3.63) is 59.2 Å². The van der Waals surface area contributed by atoms with Crippen molar-refractivity contribution < 1.29 is 14.3 Å². The first-order valence-corrected chi connectivity index (χ1v) is 9.44. The Hall–Kier alpha value is -2.82. The van der Waals surface area contributed by atoms with Crippen LogP contribution in [0.1, 0.15) is 36.5 Å². The summed E-state index contributed by atoms with van der Waals surface area (Å²) in [7, 11) is 0. The zero-order valence-corrected chi connectivity index (χ0v) is 16.0. The molecule has 0 bridgehead atoms. The Morgan fingerprint density at radius 2 is 1.93 bits per heavy atom. The second-order valence-electron chi connectivity index (χ2n) is 6.96. The van der Waals surface area contributed by atoms with Crippen molar-refractivity contribution in [2.75, 3.05) is 18.5 Å². The topological polar surface area (TPSA) is 58.6 Å². The Morgan fingerprint density at radius 3 is 2.67 bits per heavy atom. The van der Waals surface area contributed by atoms with Gasteiger partial charge in [-0.05, 0) is 49.1 Å². The summed E-state index contributed by atoms with van der Waals surface area (Å²) in [5, 5.41) is 2.85. The quantitative estimate of drug-likeness (QED) is 0.813. The lowest BCUT2D eigenvalue weighted by Crippen LogP contribution is -2.35. The maximum Gasteiger partial charge on any atom is 0.260 e. The van der Waals surface area contributed by atoms with Gasteiger partial charge in [0.25, 0.3) is 5.91 Å². The van der Waals surface area contributed by atoms with Crippen molar-refractivity contribution in [2.45, 2.75) is 39.7 Å². The van der Waals surface area contributed by atoms with Gasteiger partial charge in [0.2, 0.25) is 5.91 Å². The summed E-state index contributed by atoms with van der Waals surface area (Å²) >= 11 is 0. The molecule has 0 aromatic heterocycles. The van der Waals surface area contributed by atoms with E-state index in [4.69, 9.17) is 4.74 Å². The average Bonchev–Trinajstić information content (AvgIpc) is 2.67. The van der Waals surface area contributed by atoms with E-state index in [1.165, 1.54) is 5.56 Å². The highest BCUT2D eigenvalue weighted by Crippen LogP contribution is 2.26. The predicted molar refractivity (Wildman–Crippen MR) is 106 cm³/mol. The van der Waals surface area contributed by atoms with Crippen LogP contribution in [-0.4, -0.2) is 29.9 Å². The fraction of sp³-hybridized carbons (Fsp3) is 0.364. The predicted octanol–water partition coefficient (Wildman–Crippen LogP) is 3.70. The minimum atomic E-state index is -0.0246. The fourth-order valence-electron chi connectivity index (χ4n) is 3.16. The summed E-state index contributed by atoms with van der Waals surface area (Å²) in [6.45, 7) is 5.42. The molecule has 0 unspecified atom stereocenters. The molecule has 2 amide bonds. The lowest BCUT2D eigenvalue weighted by Gasteiger charge is -2.23. The van der Waals surface area contributed by atoms with Gasteiger partial charge in [0.15, 0.2) is 6.61 Å². The Balaban J connectivity index is 1.60. The highest BCUT2D eigenvalue weighted by Gasteiger charge is 2.17. The number of carbonyl (C=O) groups is 2. The molecule has 2 aromatic carbocycles. The van der Waals surface area contributed by atoms with Gasteiger partial charge < -0.3 is 15.0 Å². The van der Waals surface area contributed by atoms with E-state index in [9.17, 15) is 9.59 Å². The third-order valence-corrected chi connectivity index (χ3v) is 4.67. The number of anilines is 1. The maximum absolute atomic E-state index is 12.7. The van der Waals surface area contributed by atoms with E-state index in [1.54, 1.807) is 6.07 Å². The van der Waals surface area contributed by atoms with Gasteiger partial charge in [-0.2, -0.15) is 0 Å². The number of rotatable bonds is 7. The summed E-state index contributed by atoms with van der Waals surface area (Å²) in [5.41, 5.74) is 4.20. The number of ether oxygens (including phenoxy) is 1. The van der Waals surface area contributed by atoms with Crippen LogP contribution in [0.5, 0.6) is 5.75 Å². The van der Waals surface area contributed by atoms with Crippen LogP contribution in [-0.2, 0) is 22.6 Å². The third kappa shape index (κ3) is 5.09. The van der Waals surface area contributed by atoms with E-state index < -0.39 is 0 Å². The summed E-state index contributed by atoms with van der Waals surface area (Å²) in [4.78, 5) is 25.9. The summed E-state index contributed by atoms with van der Waals surface area (Å²) in [6, 6.07) is 13.8. The molecule has 142 valence electrons. The van der Waals surface area contributed by atoms with E-state index >= 15 is 0 Å². The smallest absolute Gasteiger partial charge is 0.260 e. The molecule has 1 heterocycles. The van der Waals surface area contributed by atoms with Crippen LogP contribution in [0.2, 0.25) is 0 Å². The standard InChI is InChI=1S/C22H26N2O3/c1-3-12-24(14-17-6-4-16(2)5-7-17)22(26)15-27-19-9-10-20-18(13-19)8-11-21(25)23-20/h4-7,9-10,13H,3,8,11-12,14-15H2,1-2H3,(H,23,25). The molecule has 0 radical (unpaired) electrons. The van der Waals surface area contributed by atoms with Crippen LogP contribution in [0.4, 0.5) is 5.69 Å². The number of hydrogen-bond acceptors (Lipinski definition) is 3. The fourth-order valence-corrected chi connectivity index (χ4v) is 3.16. The molecule has 0 spiro atoms. The molecule has 1 aliphatic heterocycles. The lowest BCUT2D eigenvalue weighted by atomic mass is 10.0. The largest absolute Gasteiger partial charge is 0.484 e. The van der Waals surface area contributed by atoms with Crippen LogP contribution >= 0.6 is 0 Å². The second kappa shape index (κ2) is 8.71. The number of carbonyl (C=O) groups excluding carboxylic acids is 2. The van der Waals surface area contributed by atoms with Crippen LogP contribution in [0, 0.1) is 6.92 Å². The summed E-state index contributed by atoms with van der Waals surface area (Å²) in [5.74, 6) is 0.672. The zero-order chi connectivity index (χ0) is 19.2. The van der Waals surface area contributed by atoms with E-state index in [1.807, 2.05) is 17.0 Å². The van der Waals surface area contributed by atoms with Crippen LogP contribution in [0.25, 0.3) is 0 Å². The molecule has 27 heavy (non-hydrogen) atoms. The monoisotopic (exact) mass is 366 g/mol. The maximum atomic E-state index is 12.7. The molecule has 1 aliphatic rings. The van der Waals surface area contributed by atoms with E-state index in [-0.39, 0.29) is 18.4 Å². The second-order valence-corrected chi connectivity index (χ2v) is 6.96. The Kier molecular flexibility index (Phi) is 6.12. The van der Waals surface area contributed by atoms with Crippen molar-refractivity contribution in [3.8, 4) is 5.75 Å². The number of fused-ring (bicyclic) bond motifs is 1. The van der Waals surface area contributed by atoms with Crippen LogP contribution in [0.3, 0.4) is 0 Å². The van der Waals surface area contributed by atoms with E-state index in [0.717, 1.165) is 23.2 Å². The molecule has 5 heteroatoms. The molecule has 0 aliphatic carbocycles. The normalized spacial score (nSPS) is 12.9. The first kappa shape index (κ1) is 19.0. The summed E-state index contributed by atoms with van der Waals surface area (Å²) < 4.78 is 5.74. The minimum absolute atomic E-state index is 0.0109. The Morgan fingerprint density at radius 1 is 1.15 bits per heavy atom. The highest BCUT2D eigenvalue weighted by atomic mass is 16.5. The summed E-state index contributed by atoms with van der Waals surface area (Å²) in [6.07, 6.45) is 2.08. The first-order valence-electron chi connectivity index (χ1n) is 9.44. The van der Waals surface area contributed by atoms with Gasteiger partial charge in [-0.1, -0.05) is 36.8 Å². The highest BCUT2D eigenvalue weighted by molar-refractivity contribution is 5.94. The van der Waals surface area contributed by atoms with Crippen LogP contribution in [0.15, 0.2) is 42.5 Å². The number of nitrogens with one attached hydrogen (secondary N) is 1. The number of aryl methyl sites for hydroxylation is 2. The van der Waals surface area contributed by atoms with Crippen molar-refractivity contribution in [2.24, 2.45) is 0 Å². The molecule has 0 atom stereocenters. The van der Waals surface area contributed by atoms with Gasteiger partial charge in [0.05, 0.1) is 0 Å². The molecule has 1 N–H and O–H groups in total. The SMILES string of the molecule is CCCN(Cc1ccc(C)cc1)C(=O)COc1ccc2c(c1)CCC(=O)N2. The van der Waals surface area contributed by atoms with E-state index in [0.29, 0.717) is 31.7 Å². The molecular weight excluding hydrogens is 340 g/mol. The van der Waals surface area contributed by atoms with Crippen LogP contribution < -0.4 is 10.1 Å². The van der Waals surface area contributed by atoms with Crippen molar-refractivity contribution in [3.63, 3.8) is 0 Å². The van der Waals surface area contributed by atoms with E-state index in [2.05, 4.69) is 43.4 Å². The molecule has 2 aromatic rings. The number of amides is 2. The Labute approximate surface area is 160 Å². The molecule has 0 saturated carbocycles. The first-order chi connectivity index (χ1) is 13.0. The molecular formula is C22H26N2O3. The molecule has 0 fully saturated rings. The number of nitrogens with zero attached hydrogens (tertiary/aromatic N) is 1. The van der Waals surface area contributed by atoms with Gasteiger partial charge in [0.1, 0.15) is 5.75 Å². The van der Waals surface area contributed by atoms with Crippen molar-refractivity contribution in [1.29, 1.82) is 0 Å². The van der Waals surface area contributed by atoms with Gasteiger partial charge in [0, 0.05) is 25.2 Å². The molecule has 3 rings (SSSR count). The van der Waals surface area contributed by atoms with Crippen molar-refractivity contribution in [1.82, 2.24) is 4.90 Å².